The molecule has 0 spiro atoms. The average molecular weight is 702 g/mol. The fourth-order valence-electron chi connectivity index (χ4n) is 7.78. The molecule has 0 aliphatic carbocycles. The minimum atomic E-state index is 0.685. The van der Waals surface area contributed by atoms with Crippen molar-refractivity contribution in [2.75, 3.05) is 0 Å². The molecule has 5 nitrogen and oxygen atoms in total. The molecule has 0 N–H and O–H groups in total. The zero-order chi connectivity index (χ0) is 36.3. The zero-order valence-corrected chi connectivity index (χ0v) is 29.6. The lowest BCUT2D eigenvalue weighted by atomic mass is 9.99. The lowest BCUT2D eigenvalue weighted by Crippen LogP contribution is -1.96. The molecule has 55 heavy (non-hydrogen) atoms. The first kappa shape index (κ1) is 31.1. The van der Waals surface area contributed by atoms with Crippen molar-refractivity contribution in [1.82, 2.24) is 24.3 Å². The number of fused-ring (bicyclic) bond motifs is 7. The van der Waals surface area contributed by atoms with Crippen molar-refractivity contribution >= 4 is 49.1 Å². The molecule has 0 fully saturated rings. The third-order valence-electron chi connectivity index (χ3n) is 10.6. The highest BCUT2D eigenvalue weighted by atomic mass is 15.0. The molecule has 0 saturated heterocycles. The standard InChI is InChI=1S/C50H31N5/c1-3-12-36-28-39(25-21-32(36)10-1)44-31-45(40-26-22-33-11-2-4-13-37(33)29-40)53-50(52-44)35-23-19-34(20-24-35)38-14-9-15-41(30-38)47-49-48(42-16-5-6-17-43(42)51-47)54-46-18-7-8-27-55(46)49/h1-31H. The van der Waals surface area contributed by atoms with Crippen LogP contribution in [0, 0.1) is 0 Å². The molecule has 0 bridgehead atoms. The van der Waals surface area contributed by atoms with Gasteiger partial charge in [0.1, 0.15) is 11.2 Å². The van der Waals surface area contributed by atoms with Crippen molar-refractivity contribution in [3.8, 4) is 56.3 Å². The van der Waals surface area contributed by atoms with Gasteiger partial charge in [-0.1, -0.05) is 140 Å². The number of hydrogen-bond acceptors (Lipinski definition) is 4. The summed E-state index contributed by atoms with van der Waals surface area (Å²) < 4.78 is 2.14. The second-order valence-corrected chi connectivity index (χ2v) is 14.0. The van der Waals surface area contributed by atoms with Crippen molar-refractivity contribution < 1.29 is 0 Å². The quantitative estimate of drug-likeness (QED) is 0.179. The average Bonchev–Trinajstić information content (AvgIpc) is 3.66. The second-order valence-electron chi connectivity index (χ2n) is 14.0. The molecule has 4 heterocycles. The Labute approximate surface area is 316 Å². The molecule has 0 aliphatic heterocycles. The summed E-state index contributed by atoms with van der Waals surface area (Å²) in [6, 6.07) is 63.6. The summed E-state index contributed by atoms with van der Waals surface area (Å²) in [7, 11) is 0. The van der Waals surface area contributed by atoms with Crippen LogP contribution in [0.15, 0.2) is 188 Å². The van der Waals surface area contributed by atoms with E-state index in [0.29, 0.717) is 5.82 Å². The lowest BCUT2D eigenvalue weighted by Gasteiger charge is -2.12. The number of nitrogens with zero attached hydrogens (tertiary/aromatic N) is 5. The van der Waals surface area contributed by atoms with E-state index in [4.69, 9.17) is 19.9 Å². The van der Waals surface area contributed by atoms with Gasteiger partial charge in [-0.15, -0.1) is 0 Å². The fourth-order valence-corrected chi connectivity index (χ4v) is 7.78. The number of para-hydroxylation sites is 1. The predicted molar refractivity (Wildman–Crippen MR) is 226 cm³/mol. The number of benzene rings is 7. The maximum absolute atomic E-state index is 5.21. The van der Waals surface area contributed by atoms with Crippen molar-refractivity contribution in [1.29, 1.82) is 0 Å². The third kappa shape index (κ3) is 5.41. The molecule has 7 aromatic carbocycles. The first-order valence-corrected chi connectivity index (χ1v) is 18.5. The molecular formula is C50H31N5. The van der Waals surface area contributed by atoms with Crippen molar-refractivity contribution in [2.45, 2.75) is 0 Å². The second kappa shape index (κ2) is 12.6. The number of hydrogen-bond donors (Lipinski definition) is 0. The van der Waals surface area contributed by atoms with Gasteiger partial charge in [0.2, 0.25) is 0 Å². The van der Waals surface area contributed by atoms with Gasteiger partial charge in [0.05, 0.1) is 28.1 Å². The smallest absolute Gasteiger partial charge is 0.160 e. The Morgan fingerprint density at radius 2 is 0.964 bits per heavy atom. The SMILES string of the molecule is c1cc(-c2ccc(-c3nc(-c4ccc5ccccc5c4)cc(-c4ccc5ccccc5c4)n3)cc2)cc(-c2nc3ccccc3c3nc4ccccn4c23)c1. The van der Waals surface area contributed by atoms with Gasteiger partial charge in [-0.05, 0) is 75.1 Å². The minimum absolute atomic E-state index is 0.685. The maximum Gasteiger partial charge on any atom is 0.160 e. The van der Waals surface area contributed by atoms with E-state index >= 15 is 0 Å². The Kier molecular flexibility index (Phi) is 7.10. The summed E-state index contributed by atoms with van der Waals surface area (Å²) in [5.74, 6) is 0.685. The van der Waals surface area contributed by atoms with Crippen LogP contribution < -0.4 is 0 Å². The van der Waals surface area contributed by atoms with Crippen LogP contribution >= 0.6 is 0 Å². The van der Waals surface area contributed by atoms with Crippen molar-refractivity contribution in [2.24, 2.45) is 0 Å². The lowest BCUT2D eigenvalue weighted by molar-refractivity contribution is 1.18. The van der Waals surface area contributed by atoms with Crippen molar-refractivity contribution in [3.63, 3.8) is 0 Å². The molecule has 256 valence electrons. The molecule has 0 radical (unpaired) electrons. The molecular weight excluding hydrogens is 671 g/mol. The molecule has 11 aromatic rings. The van der Waals surface area contributed by atoms with E-state index in [-0.39, 0.29) is 0 Å². The molecule has 4 aromatic heterocycles. The Balaban J connectivity index is 1.01. The normalized spacial score (nSPS) is 11.6. The van der Waals surface area contributed by atoms with E-state index in [2.05, 4.69) is 162 Å². The van der Waals surface area contributed by atoms with E-state index in [1.165, 1.54) is 21.5 Å². The summed E-state index contributed by atoms with van der Waals surface area (Å²) in [5.41, 5.74) is 12.8. The van der Waals surface area contributed by atoms with Gasteiger partial charge < -0.3 is 0 Å². The number of pyridine rings is 2. The first-order chi connectivity index (χ1) is 27.2. The Morgan fingerprint density at radius 1 is 0.364 bits per heavy atom. The van der Waals surface area contributed by atoms with Crippen LogP contribution in [0.25, 0.3) is 105 Å². The third-order valence-corrected chi connectivity index (χ3v) is 10.6. The number of aromatic nitrogens is 5. The number of imidazole rings is 1. The van der Waals surface area contributed by atoms with Crippen molar-refractivity contribution in [3.05, 3.63) is 188 Å². The van der Waals surface area contributed by atoms with Crippen LogP contribution in [0.4, 0.5) is 0 Å². The highest BCUT2D eigenvalue weighted by Gasteiger charge is 2.17. The largest absolute Gasteiger partial charge is 0.298 e. The van der Waals surface area contributed by atoms with Gasteiger partial charge in [-0.25, -0.2) is 19.9 Å². The van der Waals surface area contributed by atoms with Crippen LogP contribution in [0.5, 0.6) is 0 Å². The summed E-state index contributed by atoms with van der Waals surface area (Å²) in [6.07, 6.45) is 2.07. The van der Waals surface area contributed by atoms with E-state index in [1.807, 2.05) is 30.3 Å². The molecule has 0 aliphatic rings. The van der Waals surface area contributed by atoms with Gasteiger partial charge in [0.25, 0.3) is 0 Å². The van der Waals surface area contributed by atoms with E-state index in [9.17, 15) is 0 Å². The van der Waals surface area contributed by atoms with E-state index in [0.717, 1.165) is 78.0 Å². The molecule has 0 amide bonds. The highest BCUT2D eigenvalue weighted by Crippen LogP contribution is 2.36. The fraction of sp³-hybridized carbons (Fsp3) is 0. The topological polar surface area (TPSA) is 56.0 Å². The van der Waals surface area contributed by atoms with Gasteiger partial charge in [0.15, 0.2) is 5.82 Å². The molecule has 0 saturated carbocycles. The minimum Gasteiger partial charge on any atom is -0.298 e. The highest BCUT2D eigenvalue weighted by molar-refractivity contribution is 6.09. The predicted octanol–water partition coefficient (Wildman–Crippen LogP) is 12.5. The Bertz CT molecular complexity index is 3170. The molecule has 0 atom stereocenters. The summed E-state index contributed by atoms with van der Waals surface area (Å²) in [6.45, 7) is 0. The summed E-state index contributed by atoms with van der Waals surface area (Å²) in [5, 5.41) is 5.82. The Hall–Kier alpha value is -7.50. The van der Waals surface area contributed by atoms with Gasteiger partial charge in [-0.2, -0.15) is 0 Å². The molecule has 0 unspecified atom stereocenters. The van der Waals surface area contributed by atoms with Crippen LogP contribution in [0.3, 0.4) is 0 Å². The van der Waals surface area contributed by atoms with Crippen LogP contribution in [0.1, 0.15) is 0 Å². The van der Waals surface area contributed by atoms with Crippen LogP contribution in [-0.4, -0.2) is 24.3 Å². The van der Waals surface area contributed by atoms with Gasteiger partial charge in [-0.3, -0.25) is 4.40 Å². The maximum atomic E-state index is 5.21. The van der Waals surface area contributed by atoms with Crippen LogP contribution in [-0.2, 0) is 0 Å². The molecule has 11 rings (SSSR count). The summed E-state index contributed by atoms with van der Waals surface area (Å²) in [4.78, 5) is 20.6. The van der Waals surface area contributed by atoms with Gasteiger partial charge >= 0.3 is 0 Å². The van der Waals surface area contributed by atoms with Gasteiger partial charge in [0, 0.05) is 33.8 Å². The first-order valence-electron chi connectivity index (χ1n) is 18.5. The van der Waals surface area contributed by atoms with E-state index < -0.39 is 0 Å². The van der Waals surface area contributed by atoms with Crippen LogP contribution in [0.2, 0.25) is 0 Å². The Morgan fingerprint density at radius 3 is 1.69 bits per heavy atom. The monoisotopic (exact) mass is 701 g/mol. The summed E-state index contributed by atoms with van der Waals surface area (Å²) >= 11 is 0. The molecule has 5 heteroatoms. The zero-order valence-electron chi connectivity index (χ0n) is 29.6. The number of rotatable bonds is 5. The van der Waals surface area contributed by atoms with E-state index in [1.54, 1.807) is 0 Å².